The first-order valence-electron chi connectivity index (χ1n) is 6.85. The summed E-state index contributed by atoms with van der Waals surface area (Å²) in [7, 11) is 7.33. The SMILES string of the molecule is CCNC(=NCC(=O)N(C)C)N(C)Cc1cc(Cl)cn1C. The first-order valence-corrected chi connectivity index (χ1v) is 7.23. The zero-order chi connectivity index (χ0) is 16.0. The average molecular weight is 314 g/mol. The van der Waals surface area contributed by atoms with Crippen molar-refractivity contribution >= 4 is 23.5 Å². The van der Waals surface area contributed by atoms with Crippen molar-refractivity contribution in [3.8, 4) is 0 Å². The molecule has 0 atom stereocenters. The number of halogens is 1. The summed E-state index contributed by atoms with van der Waals surface area (Å²) in [6, 6.07) is 1.92. The number of nitrogens with one attached hydrogen (secondary N) is 1. The molecule has 0 radical (unpaired) electrons. The van der Waals surface area contributed by atoms with Crippen LogP contribution < -0.4 is 5.32 Å². The van der Waals surface area contributed by atoms with Gasteiger partial charge < -0.3 is 19.7 Å². The van der Waals surface area contributed by atoms with Gasteiger partial charge in [0, 0.05) is 46.6 Å². The van der Waals surface area contributed by atoms with E-state index in [1.807, 2.05) is 42.7 Å². The van der Waals surface area contributed by atoms with Crippen LogP contribution in [0.2, 0.25) is 5.02 Å². The second-order valence-corrected chi connectivity index (χ2v) is 5.51. The van der Waals surface area contributed by atoms with Crippen LogP contribution >= 0.6 is 11.6 Å². The van der Waals surface area contributed by atoms with Crippen LogP contribution in [0.1, 0.15) is 12.6 Å². The molecule has 0 aliphatic heterocycles. The monoisotopic (exact) mass is 313 g/mol. The molecule has 0 aliphatic carbocycles. The van der Waals surface area contributed by atoms with Crippen molar-refractivity contribution in [2.24, 2.45) is 12.0 Å². The van der Waals surface area contributed by atoms with E-state index in [-0.39, 0.29) is 12.5 Å². The van der Waals surface area contributed by atoms with Gasteiger partial charge in [-0.05, 0) is 13.0 Å². The van der Waals surface area contributed by atoms with Gasteiger partial charge in [0.2, 0.25) is 5.91 Å². The Hall–Kier alpha value is -1.69. The molecule has 1 rings (SSSR count). The molecule has 118 valence electrons. The Kier molecular flexibility index (Phi) is 6.55. The number of rotatable bonds is 5. The van der Waals surface area contributed by atoms with Crippen molar-refractivity contribution in [1.29, 1.82) is 0 Å². The molecule has 0 unspecified atom stereocenters. The molecule has 0 aromatic carbocycles. The summed E-state index contributed by atoms with van der Waals surface area (Å²) < 4.78 is 1.98. The van der Waals surface area contributed by atoms with Crippen molar-refractivity contribution in [2.45, 2.75) is 13.5 Å². The zero-order valence-electron chi connectivity index (χ0n) is 13.4. The van der Waals surface area contributed by atoms with Crippen molar-refractivity contribution in [2.75, 3.05) is 34.2 Å². The number of aromatic nitrogens is 1. The number of nitrogens with zero attached hydrogens (tertiary/aromatic N) is 4. The lowest BCUT2D eigenvalue weighted by Crippen LogP contribution is -2.39. The van der Waals surface area contributed by atoms with E-state index in [0.29, 0.717) is 17.5 Å². The quantitative estimate of drug-likeness (QED) is 0.656. The molecule has 7 heteroatoms. The Labute approximate surface area is 131 Å². The van der Waals surface area contributed by atoms with Crippen molar-refractivity contribution in [3.63, 3.8) is 0 Å². The summed E-state index contributed by atoms with van der Waals surface area (Å²) in [5.41, 5.74) is 1.08. The third-order valence-corrected chi connectivity index (χ3v) is 3.24. The van der Waals surface area contributed by atoms with Gasteiger partial charge in [-0.2, -0.15) is 0 Å². The Morgan fingerprint density at radius 1 is 1.43 bits per heavy atom. The summed E-state index contributed by atoms with van der Waals surface area (Å²) in [5, 5.41) is 3.90. The van der Waals surface area contributed by atoms with Crippen LogP contribution in [0, 0.1) is 0 Å². The molecule has 1 amide bonds. The van der Waals surface area contributed by atoms with Gasteiger partial charge in [0.05, 0.1) is 11.6 Å². The third-order valence-electron chi connectivity index (χ3n) is 3.03. The highest BCUT2D eigenvalue weighted by Gasteiger charge is 2.11. The van der Waals surface area contributed by atoms with E-state index >= 15 is 0 Å². The molecule has 0 aliphatic rings. The Morgan fingerprint density at radius 2 is 2.10 bits per heavy atom. The van der Waals surface area contributed by atoms with Crippen molar-refractivity contribution in [1.82, 2.24) is 19.7 Å². The van der Waals surface area contributed by atoms with Crippen LogP contribution in [0.15, 0.2) is 17.3 Å². The van der Waals surface area contributed by atoms with Crippen LogP contribution in [0.4, 0.5) is 0 Å². The van der Waals surface area contributed by atoms with E-state index in [1.165, 1.54) is 4.90 Å². The van der Waals surface area contributed by atoms with E-state index in [0.717, 1.165) is 12.2 Å². The van der Waals surface area contributed by atoms with Gasteiger partial charge in [-0.25, -0.2) is 4.99 Å². The van der Waals surface area contributed by atoms with Gasteiger partial charge in [-0.3, -0.25) is 4.79 Å². The minimum absolute atomic E-state index is 0.0271. The van der Waals surface area contributed by atoms with E-state index in [1.54, 1.807) is 14.1 Å². The molecule has 6 nitrogen and oxygen atoms in total. The second-order valence-electron chi connectivity index (χ2n) is 5.07. The van der Waals surface area contributed by atoms with E-state index in [2.05, 4.69) is 10.3 Å². The summed E-state index contributed by atoms with van der Waals surface area (Å²) >= 11 is 5.99. The minimum Gasteiger partial charge on any atom is -0.357 e. The van der Waals surface area contributed by atoms with Crippen LogP contribution in [0.5, 0.6) is 0 Å². The first kappa shape index (κ1) is 17.4. The number of carbonyl (C=O) groups is 1. The second kappa shape index (κ2) is 7.93. The van der Waals surface area contributed by atoms with Gasteiger partial charge in [0.15, 0.2) is 5.96 Å². The molecule has 0 saturated carbocycles. The molecule has 1 aromatic heterocycles. The smallest absolute Gasteiger partial charge is 0.243 e. The lowest BCUT2D eigenvalue weighted by atomic mass is 10.4. The first-order chi connectivity index (χ1) is 9.85. The number of hydrogen-bond acceptors (Lipinski definition) is 2. The molecule has 0 spiro atoms. The normalized spacial score (nSPS) is 11.4. The maximum absolute atomic E-state index is 11.6. The zero-order valence-corrected chi connectivity index (χ0v) is 14.1. The van der Waals surface area contributed by atoms with Crippen LogP contribution in [-0.2, 0) is 18.4 Å². The number of amides is 1. The summed E-state index contributed by atoms with van der Waals surface area (Å²) in [4.78, 5) is 19.5. The highest BCUT2D eigenvalue weighted by molar-refractivity contribution is 6.30. The number of likely N-dealkylation sites (N-methyl/N-ethyl adjacent to an activating group) is 1. The van der Waals surface area contributed by atoms with E-state index in [4.69, 9.17) is 11.6 Å². The van der Waals surface area contributed by atoms with Gasteiger partial charge in [0.1, 0.15) is 6.54 Å². The summed E-state index contributed by atoms with van der Waals surface area (Å²) in [5.74, 6) is 0.672. The molecular formula is C14H24ClN5O. The van der Waals surface area contributed by atoms with Gasteiger partial charge in [-0.15, -0.1) is 0 Å². The predicted octanol–water partition coefficient (Wildman–Crippen LogP) is 1.16. The maximum atomic E-state index is 11.6. The van der Waals surface area contributed by atoms with Gasteiger partial charge >= 0.3 is 0 Å². The molecule has 1 N–H and O–H groups in total. The number of hydrogen-bond donors (Lipinski definition) is 1. The molecule has 0 bridgehead atoms. The topological polar surface area (TPSA) is 52.9 Å². The van der Waals surface area contributed by atoms with Crippen LogP contribution in [0.25, 0.3) is 0 Å². The molecule has 21 heavy (non-hydrogen) atoms. The average Bonchev–Trinajstić information content (AvgIpc) is 2.72. The van der Waals surface area contributed by atoms with Gasteiger partial charge in [-0.1, -0.05) is 11.6 Å². The number of guanidine groups is 1. The minimum atomic E-state index is -0.0271. The largest absolute Gasteiger partial charge is 0.357 e. The molecule has 1 heterocycles. The predicted molar refractivity (Wildman–Crippen MR) is 86.6 cm³/mol. The number of aliphatic imine (C=N–C) groups is 1. The maximum Gasteiger partial charge on any atom is 0.243 e. The number of carbonyl (C=O) groups excluding carboxylic acids is 1. The number of aryl methyl sites for hydroxylation is 1. The highest BCUT2D eigenvalue weighted by Crippen LogP contribution is 2.14. The fourth-order valence-corrected chi connectivity index (χ4v) is 2.07. The Morgan fingerprint density at radius 3 is 2.57 bits per heavy atom. The van der Waals surface area contributed by atoms with Crippen LogP contribution in [0.3, 0.4) is 0 Å². The Bertz CT molecular complexity index is 509. The highest BCUT2D eigenvalue weighted by atomic mass is 35.5. The fourth-order valence-electron chi connectivity index (χ4n) is 1.79. The summed E-state index contributed by atoms with van der Waals surface area (Å²) in [6.45, 7) is 3.53. The standard InChI is InChI=1S/C14H24ClN5O/c1-6-16-14(17-8-13(21)18(2)3)20(5)10-12-7-11(15)9-19(12)4/h7,9H,6,8,10H2,1-5H3,(H,16,17). The molecular weight excluding hydrogens is 290 g/mol. The van der Waals surface area contributed by atoms with Crippen molar-refractivity contribution in [3.05, 3.63) is 23.0 Å². The molecule has 0 saturated heterocycles. The van der Waals surface area contributed by atoms with Gasteiger partial charge in [0.25, 0.3) is 0 Å². The van der Waals surface area contributed by atoms with Crippen molar-refractivity contribution < 1.29 is 4.79 Å². The lowest BCUT2D eigenvalue weighted by Gasteiger charge is -2.22. The molecule has 1 aromatic rings. The summed E-state index contributed by atoms with van der Waals surface area (Å²) in [6.07, 6.45) is 1.87. The van der Waals surface area contributed by atoms with E-state index < -0.39 is 0 Å². The lowest BCUT2D eigenvalue weighted by molar-refractivity contribution is -0.127. The van der Waals surface area contributed by atoms with E-state index in [9.17, 15) is 4.79 Å². The molecule has 0 fully saturated rings. The third kappa shape index (κ3) is 5.30. The van der Waals surface area contributed by atoms with Crippen LogP contribution in [-0.4, -0.2) is 60.5 Å². The fraction of sp³-hybridized carbons (Fsp3) is 0.571. The Balaban J connectivity index is 2.77.